The minimum Gasteiger partial charge on any atom is -0.480 e. The summed E-state index contributed by atoms with van der Waals surface area (Å²) in [5.74, 6) is -0.714. The fraction of sp³-hybridized carbons (Fsp3) is 0.909. The largest absolute Gasteiger partial charge is 0.480 e. The standard InChI is InChI=1S/C11H20N2O3/c14-11(15)9-13-3-1-2-10(13)8-12-4-6-16-7-5-12/h10H,1-9H2,(H,14,15). The van der Waals surface area contributed by atoms with Gasteiger partial charge in [0.15, 0.2) is 0 Å². The summed E-state index contributed by atoms with van der Waals surface area (Å²) in [5.41, 5.74) is 0. The Bertz CT molecular complexity index is 241. The highest BCUT2D eigenvalue weighted by Gasteiger charge is 2.28. The molecule has 5 nitrogen and oxygen atoms in total. The van der Waals surface area contributed by atoms with Crippen molar-refractivity contribution in [1.29, 1.82) is 0 Å². The van der Waals surface area contributed by atoms with E-state index >= 15 is 0 Å². The lowest BCUT2D eigenvalue weighted by Gasteiger charge is -2.32. The first-order valence-electron chi connectivity index (χ1n) is 6.01. The van der Waals surface area contributed by atoms with Crippen LogP contribution >= 0.6 is 0 Å². The average Bonchev–Trinajstić information content (AvgIpc) is 2.66. The molecule has 2 aliphatic heterocycles. The normalized spacial score (nSPS) is 28.4. The number of aliphatic carboxylic acids is 1. The summed E-state index contributed by atoms with van der Waals surface area (Å²) >= 11 is 0. The molecule has 0 bridgehead atoms. The molecule has 0 spiro atoms. The Hall–Kier alpha value is -0.650. The molecule has 1 N–H and O–H groups in total. The van der Waals surface area contributed by atoms with Gasteiger partial charge in [-0.15, -0.1) is 0 Å². The van der Waals surface area contributed by atoms with Crippen molar-refractivity contribution in [2.24, 2.45) is 0 Å². The van der Waals surface area contributed by atoms with E-state index in [9.17, 15) is 4.79 Å². The minimum absolute atomic E-state index is 0.189. The van der Waals surface area contributed by atoms with E-state index < -0.39 is 5.97 Å². The summed E-state index contributed by atoms with van der Waals surface area (Å²) in [7, 11) is 0. The molecule has 5 heteroatoms. The highest BCUT2D eigenvalue weighted by atomic mass is 16.5. The molecule has 92 valence electrons. The molecule has 2 fully saturated rings. The lowest BCUT2D eigenvalue weighted by Crippen LogP contribution is -2.46. The maximum atomic E-state index is 10.7. The van der Waals surface area contributed by atoms with Crippen LogP contribution < -0.4 is 0 Å². The predicted molar refractivity (Wildman–Crippen MR) is 59.5 cm³/mol. The lowest BCUT2D eigenvalue weighted by atomic mass is 10.2. The number of ether oxygens (including phenoxy) is 1. The van der Waals surface area contributed by atoms with Gasteiger partial charge < -0.3 is 9.84 Å². The number of carboxylic acids is 1. The van der Waals surface area contributed by atoms with Crippen molar-refractivity contribution in [3.63, 3.8) is 0 Å². The van der Waals surface area contributed by atoms with Gasteiger partial charge in [-0.2, -0.15) is 0 Å². The van der Waals surface area contributed by atoms with E-state index in [0.29, 0.717) is 6.04 Å². The van der Waals surface area contributed by atoms with Crippen LogP contribution in [0, 0.1) is 0 Å². The fourth-order valence-corrected chi connectivity index (χ4v) is 2.57. The van der Waals surface area contributed by atoms with Crippen LogP contribution in [0.3, 0.4) is 0 Å². The Kier molecular flexibility index (Phi) is 4.15. The van der Waals surface area contributed by atoms with E-state index in [4.69, 9.17) is 9.84 Å². The van der Waals surface area contributed by atoms with Gasteiger partial charge in [-0.25, -0.2) is 0 Å². The van der Waals surface area contributed by atoms with Crippen molar-refractivity contribution in [2.45, 2.75) is 18.9 Å². The Morgan fingerprint density at radius 1 is 1.31 bits per heavy atom. The highest BCUT2D eigenvalue weighted by molar-refractivity contribution is 5.69. The third kappa shape index (κ3) is 3.17. The molecule has 0 aromatic heterocycles. The zero-order chi connectivity index (χ0) is 11.4. The van der Waals surface area contributed by atoms with Crippen LogP contribution in [-0.4, -0.2) is 72.9 Å². The van der Waals surface area contributed by atoms with E-state index in [1.165, 1.54) is 0 Å². The number of morpholine rings is 1. The van der Waals surface area contributed by atoms with Crippen LogP contribution in [0.1, 0.15) is 12.8 Å². The molecule has 0 aromatic rings. The molecule has 2 heterocycles. The third-order valence-electron chi connectivity index (χ3n) is 3.41. The first-order valence-corrected chi connectivity index (χ1v) is 6.01. The molecule has 2 rings (SSSR count). The van der Waals surface area contributed by atoms with Gasteiger partial charge in [0.2, 0.25) is 0 Å². The fourth-order valence-electron chi connectivity index (χ4n) is 2.57. The van der Waals surface area contributed by atoms with Crippen molar-refractivity contribution in [3.05, 3.63) is 0 Å². The van der Waals surface area contributed by atoms with E-state index in [-0.39, 0.29) is 6.54 Å². The second-order valence-corrected chi connectivity index (χ2v) is 4.57. The Morgan fingerprint density at radius 2 is 2.06 bits per heavy atom. The van der Waals surface area contributed by atoms with Crippen LogP contribution in [0.5, 0.6) is 0 Å². The SMILES string of the molecule is O=C(O)CN1CCCC1CN1CCOCC1. The van der Waals surface area contributed by atoms with Gasteiger partial charge in [-0.1, -0.05) is 0 Å². The maximum Gasteiger partial charge on any atom is 0.317 e. The highest BCUT2D eigenvalue weighted by Crippen LogP contribution is 2.18. The molecule has 2 aliphatic rings. The second kappa shape index (κ2) is 5.61. The minimum atomic E-state index is -0.714. The summed E-state index contributed by atoms with van der Waals surface area (Å²) in [6.07, 6.45) is 2.26. The van der Waals surface area contributed by atoms with Crippen molar-refractivity contribution >= 4 is 5.97 Å². The van der Waals surface area contributed by atoms with Gasteiger partial charge in [0.05, 0.1) is 19.8 Å². The van der Waals surface area contributed by atoms with Crippen molar-refractivity contribution in [3.8, 4) is 0 Å². The lowest BCUT2D eigenvalue weighted by molar-refractivity contribution is -0.138. The van der Waals surface area contributed by atoms with Gasteiger partial charge in [-0.3, -0.25) is 14.6 Å². The molecule has 16 heavy (non-hydrogen) atoms. The van der Waals surface area contributed by atoms with Gasteiger partial charge in [-0.05, 0) is 19.4 Å². The molecule has 0 amide bonds. The number of nitrogens with zero attached hydrogens (tertiary/aromatic N) is 2. The number of carbonyl (C=O) groups is 1. The Labute approximate surface area is 96.0 Å². The van der Waals surface area contributed by atoms with Gasteiger partial charge in [0.1, 0.15) is 0 Å². The first kappa shape index (κ1) is 11.8. The summed E-state index contributed by atoms with van der Waals surface area (Å²) in [6, 6.07) is 0.425. The quantitative estimate of drug-likeness (QED) is 0.726. The zero-order valence-corrected chi connectivity index (χ0v) is 9.60. The number of likely N-dealkylation sites (tertiary alicyclic amines) is 1. The molecule has 1 unspecified atom stereocenters. The van der Waals surface area contributed by atoms with Crippen molar-refractivity contribution in [2.75, 3.05) is 45.9 Å². The maximum absolute atomic E-state index is 10.7. The molecule has 0 aromatic carbocycles. The van der Waals surface area contributed by atoms with E-state index in [0.717, 1.165) is 52.2 Å². The Balaban J connectivity index is 1.80. The predicted octanol–water partition coefficient (Wildman–Crippen LogP) is -0.132. The molecular formula is C11H20N2O3. The molecular weight excluding hydrogens is 208 g/mol. The first-order chi connectivity index (χ1) is 7.75. The smallest absolute Gasteiger partial charge is 0.317 e. The van der Waals surface area contributed by atoms with E-state index in [2.05, 4.69) is 9.80 Å². The van der Waals surface area contributed by atoms with Gasteiger partial charge >= 0.3 is 5.97 Å². The van der Waals surface area contributed by atoms with Crippen LogP contribution in [-0.2, 0) is 9.53 Å². The number of hydrogen-bond acceptors (Lipinski definition) is 4. The summed E-state index contributed by atoms with van der Waals surface area (Å²) in [5, 5.41) is 8.82. The van der Waals surface area contributed by atoms with Crippen LogP contribution in [0.25, 0.3) is 0 Å². The topological polar surface area (TPSA) is 53.0 Å². The van der Waals surface area contributed by atoms with Crippen molar-refractivity contribution < 1.29 is 14.6 Å². The van der Waals surface area contributed by atoms with E-state index in [1.54, 1.807) is 0 Å². The van der Waals surface area contributed by atoms with Gasteiger partial charge in [0.25, 0.3) is 0 Å². The number of hydrogen-bond donors (Lipinski definition) is 1. The van der Waals surface area contributed by atoms with E-state index in [1.807, 2.05) is 0 Å². The average molecular weight is 228 g/mol. The summed E-state index contributed by atoms with van der Waals surface area (Å²) in [4.78, 5) is 15.2. The molecule has 0 saturated carbocycles. The molecule has 0 radical (unpaired) electrons. The Morgan fingerprint density at radius 3 is 2.75 bits per heavy atom. The van der Waals surface area contributed by atoms with Crippen LogP contribution in [0.4, 0.5) is 0 Å². The third-order valence-corrected chi connectivity index (χ3v) is 3.41. The zero-order valence-electron chi connectivity index (χ0n) is 9.60. The van der Waals surface area contributed by atoms with Gasteiger partial charge in [0, 0.05) is 25.7 Å². The second-order valence-electron chi connectivity index (χ2n) is 4.57. The summed E-state index contributed by atoms with van der Waals surface area (Å²) < 4.78 is 5.31. The summed E-state index contributed by atoms with van der Waals surface area (Å²) in [6.45, 7) is 5.71. The van der Waals surface area contributed by atoms with Crippen LogP contribution in [0.2, 0.25) is 0 Å². The van der Waals surface area contributed by atoms with Crippen LogP contribution in [0.15, 0.2) is 0 Å². The number of rotatable bonds is 4. The number of carboxylic acid groups (broad SMARTS) is 1. The molecule has 1 atom stereocenters. The van der Waals surface area contributed by atoms with Crippen molar-refractivity contribution in [1.82, 2.24) is 9.80 Å². The molecule has 2 saturated heterocycles. The molecule has 0 aliphatic carbocycles. The monoisotopic (exact) mass is 228 g/mol.